The van der Waals surface area contributed by atoms with E-state index in [2.05, 4.69) is 0 Å². The van der Waals surface area contributed by atoms with E-state index < -0.39 is 22.0 Å². The lowest BCUT2D eigenvalue weighted by atomic mass is 10.2. The molecule has 5 nitrogen and oxygen atoms in total. The number of nitrogens with two attached hydrogens (primary N) is 1. The molecule has 0 aromatic heterocycles. The molecule has 0 aliphatic heterocycles. The average molecular weight is 194 g/mol. The zero-order valence-corrected chi connectivity index (χ0v) is 8.02. The molecule has 6 heteroatoms. The summed E-state index contributed by atoms with van der Waals surface area (Å²) < 4.78 is 22.9. The Labute approximate surface area is 72.4 Å². The normalized spacial score (nSPS) is 13.9. The zero-order valence-electron chi connectivity index (χ0n) is 7.20. The summed E-state index contributed by atoms with van der Waals surface area (Å²) in [6.45, 7) is 1.87. The first-order chi connectivity index (χ1) is 5.37. The highest BCUT2D eigenvalue weighted by atomic mass is 32.2. The number of hydrogen-bond acceptors (Lipinski definition) is 4. The van der Waals surface area contributed by atoms with Gasteiger partial charge in [0.25, 0.3) is 0 Å². The van der Waals surface area contributed by atoms with Gasteiger partial charge >= 0.3 is 0 Å². The van der Waals surface area contributed by atoms with Crippen molar-refractivity contribution >= 4 is 15.9 Å². The molecule has 72 valence electrons. The summed E-state index contributed by atoms with van der Waals surface area (Å²) in [7, 11) is -3.47. The molecule has 0 aliphatic rings. The van der Waals surface area contributed by atoms with E-state index in [4.69, 9.17) is 5.73 Å². The Morgan fingerprint density at radius 1 is 1.58 bits per heavy atom. The minimum Gasteiger partial charge on any atom is -0.320 e. The van der Waals surface area contributed by atoms with E-state index in [0.717, 1.165) is 12.7 Å². The van der Waals surface area contributed by atoms with Crippen molar-refractivity contribution in [2.24, 2.45) is 5.73 Å². The minimum absolute atomic E-state index is 0.487. The van der Waals surface area contributed by atoms with Gasteiger partial charge in [-0.2, -0.15) is 0 Å². The highest BCUT2D eigenvalue weighted by Gasteiger charge is 2.15. The standard InChI is InChI=1S/C6H14N2O3S/c1-3-4-5(7)6(9)8-12(2,10)11/h5H,3-4,7H2,1-2H3,(H,8,9)/t5-/m0/s1. The monoisotopic (exact) mass is 194 g/mol. The molecule has 0 spiro atoms. The van der Waals surface area contributed by atoms with Crippen LogP contribution < -0.4 is 10.5 Å². The molecule has 1 atom stereocenters. The summed E-state index contributed by atoms with van der Waals surface area (Å²) >= 11 is 0. The summed E-state index contributed by atoms with van der Waals surface area (Å²) in [5.74, 6) is -0.639. The van der Waals surface area contributed by atoms with Crippen molar-refractivity contribution in [1.29, 1.82) is 0 Å². The van der Waals surface area contributed by atoms with E-state index in [1.807, 2.05) is 11.6 Å². The first-order valence-corrected chi connectivity index (χ1v) is 5.53. The molecule has 0 fully saturated rings. The molecule has 0 aromatic rings. The van der Waals surface area contributed by atoms with Gasteiger partial charge < -0.3 is 5.73 Å². The number of sulfonamides is 1. The van der Waals surface area contributed by atoms with Gasteiger partial charge in [0.2, 0.25) is 15.9 Å². The largest absolute Gasteiger partial charge is 0.320 e. The van der Waals surface area contributed by atoms with Crippen LogP contribution in [0.1, 0.15) is 19.8 Å². The Bertz CT molecular complexity index is 248. The first-order valence-electron chi connectivity index (χ1n) is 3.64. The lowest BCUT2D eigenvalue weighted by Crippen LogP contribution is -2.42. The number of nitrogens with one attached hydrogen (secondary N) is 1. The van der Waals surface area contributed by atoms with Crippen LogP contribution in [0.4, 0.5) is 0 Å². The van der Waals surface area contributed by atoms with Crippen LogP contribution >= 0.6 is 0 Å². The molecule has 0 rings (SSSR count). The average Bonchev–Trinajstić information content (AvgIpc) is 1.84. The topological polar surface area (TPSA) is 89.3 Å². The maximum atomic E-state index is 10.9. The maximum absolute atomic E-state index is 10.9. The van der Waals surface area contributed by atoms with Gasteiger partial charge in [-0.15, -0.1) is 0 Å². The van der Waals surface area contributed by atoms with Crippen LogP contribution in [-0.2, 0) is 14.8 Å². The third-order valence-corrected chi connectivity index (χ3v) is 1.79. The van der Waals surface area contributed by atoms with Gasteiger partial charge in [0.15, 0.2) is 0 Å². The van der Waals surface area contributed by atoms with E-state index in [-0.39, 0.29) is 0 Å². The number of amides is 1. The van der Waals surface area contributed by atoms with Crippen molar-refractivity contribution in [2.45, 2.75) is 25.8 Å². The summed E-state index contributed by atoms with van der Waals surface area (Å²) in [5, 5.41) is 0. The third kappa shape index (κ3) is 5.09. The van der Waals surface area contributed by atoms with Crippen molar-refractivity contribution in [3.05, 3.63) is 0 Å². The second-order valence-corrected chi connectivity index (χ2v) is 4.38. The molecule has 1 amide bonds. The van der Waals surface area contributed by atoms with Gasteiger partial charge in [0, 0.05) is 0 Å². The van der Waals surface area contributed by atoms with E-state index in [1.165, 1.54) is 0 Å². The molecular formula is C6H14N2O3S. The van der Waals surface area contributed by atoms with Gasteiger partial charge in [0.1, 0.15) is 0 Å². The van der Waals surface area contributed by atoms with Crippen molar-refractivity contribution in [3.63, 3.8) is 0 Å². The van der Waals surface area contributed by atoms with Gasteiger partial charge in [-0.1, -0.05) is 13.3 Å². The SMILES string of the molecule is CCC[C@H](N)C(=O)NS(C)(=O)=O. The van der Waals surface area contributed by atoms with Crippen LogP contribution in [0.3, 0.4) is 0 Å². The summed E-state index contributed by atoms with van der Waals surface area (Å²) in [4.78, 5) is 10.9. The third-order valence-electron chi connectivity index (χ3n) is 1.22. The summed E-state index contributed by atoms with van der Waals surface area (Å²) in [5.41, 5.74) is 5.36. The second-order valence-electron chi connectivity index (χ2n) is 2.63. The zero-order chi connectivity index (χ0) is 9.78. The number of carbonyl (C=O) groups excluding carboxylic acids is 1. The van der Waals surface area contributed by atoms with E-state index in [1.54, 1.807) is 0 Å². The molecular weight excluding hydrogens is 180 g/mol. The fourth-order valence-corrected chi connectivity index (χ4v) is 1.22. The van der Waals surface area contributed by atoms with Crippen molar-refractivity contribution in [2.75, 3.05) is 6.26 Å². The quantitative estimate of drug-likeness (QED) is 0.612. The highest BCUT2D eigenvalue weighted by molar-refractivity contribution is 7.89. The van der Waals surface area contributed by atoms with E-state index in [0.29, 0.717) is 6.42 Å². The van der Waals surface area contributed by atoms with Crippen molar-refractivity contribution < 1.29 is 13.2 Å². The maximum Gasteiger partial charge on any atom is 0.250 e. The minimum atomic E-state index is -3.47. The van der Waals surface area contributed by atoms with Crippen molar-refractivity contribution in [3.8, 4) is 0 Å². The smallest absolute Gasteiger partial charge is 0.250 e. The van der Waals surface area contributed by atoms with Crippen LogP contribution in [0.2, 0.25) is 0 Å². The number of carbonyl (C=O) groups is 1. The molecule has 0 bridgehead atoms. The summed E-state index contributed by atoms with van der Waals surface area (Å²) in [6.07, 6.45) is 2.16. The molecule has 12 heavy (non-hydrogen) atoms. The number of rotatable bonds is 4. The van der Waals surface area contributed by atoms with Crippen LogP contribution in [0.25, 0.3) is 0 Å². The second kappa shape index (κ2) is 4.42. The predicted octanol–water partition coefficient (Wildman–Crippen LogP) is -0.810. The first kappa shape index (κ1) is 11.4. The Morgan fingerprint density at radius 3 is 2.42 bits per heavy atom. The van der Waals surface area contributed by atoms with Crippen molar-refractivity contribution in [1.82, 2.24) is 4.72 Å². The van der Waals surface area contributed by atoms with E-state index in [9.17, 15) is 13.2 Å². The Hall–Kier alpha value is -0.620. The molecule has 0 aliphatic carbocycles. The fraction of sp³-hybridized carbons (Fsp3) is 0.833. The lowest BCUT2D eigenvalue weighted by molar-refractivity contribution is -0.120. The molecule has 0 radical (unpaired) electrons. The fourth-order valence-electron chi connectivity index (χ4n) is 0.701. The molecule has 0 saturated heterocycles. The lowest BCUT2D eigenvalue weighted by Gasteiger charge is -2.08. The van der Waals surface area contributed by atoms with Crippen LogP contribution in [0.5, 0.6) is 0 Å². The Kier molecular flexibility index (Phi) is 4.19. The molecule has 0 heterocycles. The molecule has 0 unspecified atom stereocenters. The molecule has 3 N–H and O–H groups in total. The Morgan fingerprint density at radius 2 is 2.08 bits per heavy atom. The van der Waals surface area contributed by atoms with Gasteiger partial charge in [-0.25, -0.2) is 8.42 Å². The highest BCUT2D eigenvalue weighted by Crippen LogP contribution is 1.93. The predicted molar refractivity (Wildman–Crippen MR) is 45.9 cm³/mol. The van der Waals surface area contributed by atoms with Crippen LogP contribution in [0, 0.1) is 0 Å². The summed E-state index contributed by atoms with van der Waals surface area (Å²) in [6, 6.07) is -0.732. The van der Waals surface area contributed by atoms with Crippen LogP contribution in [-0.4, -0.2) is 26.6 Å². The molecule has 0 saturated carbocycles. The van der Waals surface area contributed by atoms with Crippen LogP contribution in [0.15, 0.2) is 0 Å². The van der Waals surface area contributed by atoms with Gasteiger partial charge in [0.05, 0.1) is 12.3 Å². The Balaban J connectivity index is 4.05. The van der Waals surface area contributed by atoms with Gasteiger partial charge in [-0.3, -0.25) is 9.52 Å². The van der Waals surface area contributed by atoms with Gasteiger partial charge in [-0.05, 0) is 6.42 Å². The number of hydrogen-bond donors (Lipinski definition) is 2. The van der Waals surface area contributed by atoms with E-state index >= 15 is 0 Å². The molecule has 0 aromatic carbocycles.